The van der Waals surface area contributed by atoms with E-state index in [1.807, 2.05) is 105 Å². The maximum absolute atomic E-state index is 13.3. The molecule has 0 bridgehead atoms. The van der Waals surface area contributed by atoms with E-state index in [0.29, 0.717) is 117 Å². The number of rotatable bonds is 24. The molecule has 0 radical (unpaired) electrons. The van der Waals surface area contributed by atoms with Crippen LogP contribution in [0.15, 0.2) is 184 Å². The van der Waals surface area contributed by atoms with Crippen molar-refractivity contribution in [2.24, 2.45) is 0 Å². The van der Waals surface area contributed by atoms with Gasteiger partial charge in [0, 0.05) is 142 Å². The summed E-state index contributed by atoms with van der Waals surface area (Å²) in [5, 5.41) is 0. The van der Waals surface area contributed by atoms with Gasteiger partial charge >= 0.3 is 0 Å². The topological polar surface area (TPSA) is 286 Å². The molecular formula is C83H77FN14O8. The average Bonchev–Trinajstić information content (AvgIpc) is 1.13. The first-order valence-electron chi connectivity index (χ1n) is 34.4. The molecule has 1 saturated carbocycles. The zero-order valence-electron chi connectivity index (χ0n) is 60.2. The van der Waals surface area contributed by atoms with Gasteiger partial charge in [-0.25, -0.2) is 44.3 Å². The van der Waals surface area contributed by atoms with Gasteiger partial charge in [0.25, 0.3) is 0 Å². The fraction of sp³-hybridized carbons (Fsp3) is 0.229. The molecule has 0 amide bonds. The number of carbonyl (C=O) groups excluding carboxylic acids is 4. The van der Waals surface area contributed by atoms with Crippen molar-refractivity contribution in [2.75, 3.05) is 0 Å². The highest BCUT2D eigenvalue weighted by molar-refractivity contribution is 5.97. The van der Waals surface area contributed by atoms with Crippen LogP contribution in [0.4, 0.5) is 4.39 Å². The van der Waals surface area contributed by atoms with Crippen LogP contribution in [0, 0.1) is 59.7 Å². The predicted octanol–water partition coefficient (Wildman–Crippen LogP) is 15.7. The highest BCUT2D eigenvalue weighted by atomic mass is 19.1. The number of hydrogen-bond acceptors (Lipinski definition) is 22. The van der Waals surface area contributed by atoms with Crippen LogP contribution in [0.25, 0.3) is 0 Å². The molecular weight excluding hydrogens is 1340 g/mol. The van der Waals surface area contributed by atoms with Gasteiger partial charge in [-0.3, -0.25) is 49.1 Å². The number of nitrogens with zero attached hydrogens (tertiary/aromatic N) is 14. The molecule has 1 aliphatic rings. The first-order valence-corrected chi connectivity index (χ1v) is 34.4. The van der Waals surface area contributed by atoms with Gasteiger partial charge in [0.2, 0.25) is 0 Å². The van der Waals surface area contributed by atoms with Crippen LogP contribution >= 0.6 is 0 Å². The number of terminal acetylenes is 1. The summed E-state index contributed by atoms with van der Waals surface area (Å²) < 4.78 is 36.4. The van der Waals surface area contributed by atoms with E-state index in [0.717, 1.165) is 75.6 Å². The van der Waals surface area contributed by atoms with E-state index in [1.54, 1.807) is 116 Å². The van der Waals surface area contributed by atoms with Crippen LogP contribution in [0.1, 0.15) is 166 Å². The molecule has 1 aliphatic carbocycles. The lowest BCUT2D eigenvalue weighted by atomic mass is 10.1. The molecule has 12 aromatic heterocycles. The Morgan fingerprint density at radius 1 is 0.415 bits per heavy atom. The number of pyridine rings is 10. The van der Waals surface area contributed by atoms with Crippen molar-refractivity contribution in [3.05, 3.63) is 297 Å². The molecule has 13 rings (SSSR count). The van der Waals surface area contributed by atoms with Gasteiger partial charge in [-0.1, -0.05) is 38.8 Å². The van der Waals surface area contributed by atoms with Gasteiger partial charge < -0.3 is 18.9 Å². The Kier molecular flexibility index (Phi) is 26.2. The van der Waals surface area contributed by atoms with Crippen LogP contribution in [0.3, 0.4) is 0 Å². The van der Waals surface area contributed by atoms with Crippen LogP contribution in [-0.2, 0) is 44.9 Å². The summed E-state index contributed by atoms with van der Waals surface area (Å²) in [6.07, 6.45) is 29.2. The molecule has 23 heteroatoms. The largest absolute Gasteiger partial charge is 0.456 e. The second-order valence-corrected chi connectivity index (χ2v) is 24.9. The minimum Gasteiger partial charge on any atom is -0.456 e. The van der Waals surface area contributed by atoms with Crippen molar-refractivity contribution in [3.8, 4) is 58.3 Å². The summed E-state index contributed by atoms with van der Waals surface area (Å²) in [5.41, 5.74) is 13.1. The van der Waals surface area contributed by atoms with E-state index in [2.05, 4.69) is 75.7 Å². The van der Waals surface area contributed by atoms with E-state index >= 15 is 0 Å². The molecule has 0 unspecified atom stereocenters. The molecule has 22 nitrogen and oxygen atoms in total. The lowest BCUT2D eigenvalue weighted by Gasteiger charge is -2.09. The van der Waals surface area contributed by atoms with Crippen LogP contribution < -0.4 is 18.9 Å². The second kappa shape index (κ2) is 36.8. The summed E-state index contributed by atoms with van der Waals surface area (Å²) in [7, 11) is 0. The smallest absolute Gasteiger partial charge is 0.187 e. The summed E-state index contributed by atoms with van der Waals surface area (Å²) in [5.74, 6) is 6.91. The fourth-order valence-electron chi connectivity index (χ4n) is 10.1. The SMILES string of the molecule is C#Cc1ccc(CC(=O)c2cc(Oc3cccnc3)cc(CC)n2)nc1.CCc1cc(Oc2cncc(F)c2)cc(C(=O)Cc2ccc(C)c(C)n2)n1.CCc1cc(Oc2cncnc2)cc(C(=O)Cc2cc(C)c(C)cn2)n1.Cc1ccc(CC(=O)c2cc(Oc3cnc(C4CC4)nc3)cc(C)n2)nc1. The van der Waals surface area contributed by atoms with Gasteiger partial charge in [0.15, 0.2) is 34.6 Å². The molecule has 534 valence electrons. The third kappa shape index (κ3) is 22.8. The third-order valence-electron chi connectivity index (χ3n) is 16.3. The van der Waals surface area contributed by atoms with E-state index in [4.69, 9.17) is 25.4 Å². The van der Waals surface area contributed by atoms with Crippen molar-refractivity contribution in [3.63, 3.8) is 0 Å². The van der Waals surface area contributed by atoms with Crippen LogP contribution in [0.5, 0.6) is 46.0 Å². The first kappa shape index (κ1) is 75.7. The lowest BCUT2D eigenvalue weighted by molar-refractivity contribution is 0.0978. The highest BCUT2D eigenvalue weighted by Crippen LogP contribution is 2.38. The fourth-order valence-corrected chi connectivity index (χ4v) is 10.1. The average molecular weight is 1420 g/mol. The summed E-state index contributed by atoms with van der Waals surface area (Å²) >= 11 is 0. The number of hydrogen-bond donors (Lipinski definition) is 0. The Labute approximate surface area is 614 Å². The van der Waals surface area contributed by atoms with Crippen molar-refractivity contribution in [1.82, 2.24) is 69.8 Å². The Balaban J connectivity index is 0.000000151. The molecule has 0 atom stereocenters. The van der Waals surface area contributed by atoms with E-state index in [-0.39, 0.29) is 54.6 Å². The monoisotopic (exact) mass is 1420 g/mol. The molecule has 12 heterocycles. The zero-order chi connectivity index (χ0) is 75.1. The van der Waals surface area contributed by atoms with Crippen molar-refractivity contribution >= 4 is 23.1 Å². The number of ether oxygens (including phenoxy) is 4. The van der Waals surface area contributed by atoms with Crippen LogP contribution in [-0.4, -0.2) is 92.9 Å². The number of halogens is 1. The Morgan fingerprint density at radius 2 is 0.906 bits per heavy atom. The Morgan fingerprint density at radius 3 is 1.41 bits per heavy atom. The van der Waals surface area contributed by atoms with Gasteiger partial charge in [0.05, 0.1) is 69.1 Å². The molecule has 106 heavy (non-hydrogen) atoms. The van der Waals surface area contributed by atoms with E-state index in [1.165, 1.54) is 18.6 Å². The second-order valence-electron chi connectivity index (χ2n) is 24.9. The predicted molar refractivity (Wildman–Crippen MR) is 395 cm³/mol. The third-order valence-corrected chi connectivity index (χ3v) is 16.3. The lowest BCUT2D eigenvalue weighted by Crippen LogP contribution is -2.09. The number of ketones is 4. The van der Waals surface area contributed by atoms with E-state index < -0.39 is 5.82 Å². The summed E-state index contributed by atoms with van der Waals surface area (Å²) in [4.78, 5) is 110. The number of carbonyl (C=O) groups is 4. The maximum atomic E-state index is 13.3. The maximum Gasteiger partial charge on any atom is 0.187 e. The zero-order valence-corrected chi connectivity index (χ0v) is 60.2. The quantitative estimate of drug-likeness (QED) is 0.0401. The van der Waals surface area contributed by atoms with Gasteiger partial charge in [-0.2, -0.15) is 0 Å². The van der Waals surface area contributed by atoms with Crippen LogP contribution in [0.2, 0.25) is 0 Å². The van der Waals surface area contributed by atoms with Gasteiger partial charge in [0.1, 0.15) is 75.2 Å². The molecule has 0 spiro atoms. The Bertz CT molecular complexity index is 5100. The van der Waals surface area contributed by atoms with Crippen molar-refractivity contribution in [1.29, 1.82) is 0 Å². The first-order chi connectivity index (χ1) is 51.2. The van der Waals surface area contributed by atoms with Gasteiger partial charge in [-0.05, 0) is 138 Å². The number of Topliss-reactive ketones (excluding diaryl/α,β-unsaturated/α-hetero) is 4. The normalized spacial score (nSPS) is 11.2. The molecule has 0 aliphatic heterocycles. The Hall–Kier alpha value is -13.0. The van der Waals surface area contributed by atoms with E-state index in [9.17, 15) is 23.6 Å². The van der Waals surface area contributed by atoms with Crippen molar-refractivity contribution in [2.45, 2.75) is 126 Å². The van der Waals surface area contributed by atoms with Crippen molar-refractivity contribution < 1.29 is 42.5 Å². The standard InChI is InChI=1S/C21H20FN3O2.C21H20N4O2.C21H17N3O2.C20H20N4O2/c1-4-16-8-18(27-19-7-15(22)11-23-12-19)10-20(25-16)21(26)9-17-6-5-13(2)14(3)24-17;1-13-3-6-16(22-10-13)8-20(26)19-9-17(7-14(2)25-19)27-18-11-23-21(24-12-18)15-4-5-15;1-3-15-7-8-17(23-13-15)11-21(25)20-12-19(10-16(4-2)24-20)26-18-6-5-9-22-14-18;1-4-15-6-17(26-18-10-21-12-22-11-18)8-19(24-15)20(25)7-16-5-13(2)14(3)9-23-16/h5-8,10-12H,4,9H2,1-3H3;3,6-7,9-12,15H,4-5,8H2,1-2H3;1,5-10,12-14H,4,11H2,2H3;5-6,8-12H,4,7H2,1-3H3. The minimum absolute atomic E-state index is 0.0924. The molecule has 0 saturated heterocycles. The number of aryl methyl sites for hydroxylation is 9. The molecule has 12 aromatic rings. The number of aromatic nitrogens is 14. The minimum atomic E-state index is -0.491. The molecule has 0 N–H and O–H groups in total. The summed E-state index contributed by atoms with van der Waals surface area (Å²) in [6, 6.07) is 31.6. The summed E-state index contributed by atoms with van der Waals surface area (Å²) in [6.45, 7) is 17.6. The molecule has 0 aromatic carbocycles. The highest BCUT2D eigenvalue weighted by Gasteiger charge is 2.26. The van der Waals surface area contributed by atoms with Gasteiger partial charge in [-0.15, -0.1) is 6.42 Å². The molecule has 1 fully saturated rings.